The van der Waals surface area contributed by atoms with E-state index in [1.54, 1.807) is 0 Å². The van der Waals surface area contributed by atoms with Crippen LogP contribution in [0.25, 0.3) is 0 Å². The summed E-state index contributed by atoms with van der Waals surface area (Å²) in [6.45, 7) is 6.51. The molecule has 0 aromatic heterocycles. The van der Waals surface area contributed by atoms with Crippen LogP contribution in [0.15, 0.2) is 23.4 Å². The first-order valence-corrected chi connectivity index (χ1v) is 6.07. The van der Waals surface area contributed by atoms with Crippen LogP contribution in [-0.4, -0.2) is 17.5 Å². The third-order valence-corrected chi connectivity index (χ3v) is 2.75. The molecule has 0 aliphatic heterocycles. The Morgan fingerprint density at radius 2 is 1.94 bits per heavy atom. The molecular formula is C14H21NO2. The molecule has 0 saturated heterocycles. The Labute approximate surface area is 103 Å². The quantitative estimate of drug-likeness (QED) is 0.464. The van der Waals surface area contributed by atoms with Gasteiger partial charge >= 0.3 is 0 Å². The van der Waals surface area contributed by atoms with Gasteiger partial charge in [0.25, 0.3) is 0 Å². The molecular weight excluding hydrogens is 214 g/mol. The number of aryl methyl sites for hydroxylation is 2. The van der Waals surface area contributed by atoms with Gasteiger partial charge in [0.2, 0.25) is 0 Å². The fraction of sp³-hybridized carbons (Fsp3) is 0.500. The first-order chi connectivity index (χ1) is 8.19. The highest BCUT2D eigenvalue weighted by molar-refractivity contribution is 5.85. The summed E-state index contributed by atoms with van der Waals surface area (Å²) in [7, 11) is 0. The minimum atomic E-state index is 0.363. The largest absolute Gasteiger partial charge is 0.487 e. The van der Waals surface area contributed by atoms with Crippen LogP contribution in [-0.2, 0) is 0 Å². The van der Waals surface area contributed by atoms with Gasteiger partial charge in [-0.15, -0.1) is 0 Å². The number of hydrogen-bond donors (Lipinski definition) is 1. The van der Waals surface area contributed by atoms with Crippen molar-refractivity contribution >= 4 is 5.71 Å². The molecule has 1 aromatic rings. The third-order valence-electron chi connectivity index (χ3n) is 2.75. The molecule has 1 rings (SSSR count). The van der Waals surface area contributed by atoms with Gasteiger partial charge in [0.05, 0.1) is 5.71 Å². The van der Waals surface area contributed by atoms with E-state index in [2.05, 4.69) is 12.1 Å². The average Bonchev–Trinajstić information content (AvgIpc) is 2.32. The van der Waals surface area contributed by atoms with Gasteiger partial charge in [-0.1, -0.05) is 36.7 Å². The molecule has 1 aromatic carbocycles. The van der Waals surface area contributed by atoms with Crippen molar-refractivity contribution in [1.29, 1.82) is 0 Å². The van der Waals surface area contributed by atoms with Crippen molar-refractivity contribution in [3.8, 4) is 5.75 Å². The van der Waals surface area contributed by atoms with Crippen molar-refractivity contribution in [2.45, 2.75) is 40.0 Å². The Morgan fingerprint density at radius 3 is 2.47 bits per heavy atom. The second-order valence-electron chi connectivity index (χ2n) is 4.28. The van der Waals surface area contributed by atoms with Gasteiger partial charge in [-0.25, -0.2) is 0 Å². The molecule has 1 N–H and O–H groups in total. The molecule has 0 radical (unpaired) electrons. The van der Waals surface area contributed by atoms with Crippen LogP contribution in [0, 0.1) is 13.8 Å². The molecule has 17 heavy (non-hydrogen) atoms. The van der Waals surface area contributed by atoms with Gasteiger partial charge in [0, 0.05) is 0 Å². The first kappa shape index (κ1) is 13.6. The summed E-state index contributed by atoms with van der Waals surface area (Å²) in [6, 6.07) is 6.05. The van der Waals surface area contributed by atoms with E-state index in [9.17, 15) is 0 Å². The predicted octanol–water partition coefficient (Wildman–Crippen LogP) is 3.70. The normalized spacial score (nSPS) is 11.6. The smallest absolute Gasteiger partial charge is 0.130 e. The first-order valence-electron chi connectivity index (χ1n) is 6.07. The van der Waals surface area contributed by atoms with Crippen molar-refractivity contribution in [1.82, 2.24) is 0 Å². The van der Waals surface area contributed by atoms with Crippen LogP contribution in [0.2, 0.25) is 0 Å². The number of ether oxygens (including phenoxy) is 1. The molecule has 0 unspecified atom stereocenters. The average molecular weight is 235 g/mol. The highest BCUT2D eigenvalue weighted by Gasteiger charge is 2.06. The maximum atomic E-state index is 8.88. The summed E-state index contributed by atoms with van der Waals surface area (Å²) in [5.41, 5.74) is 2.92. The van der Waals surface area contributed by atoms with E-state index in [0.29, 0.717) is 12.3 Å². The summed E-state index contributed by atoms with van der Waals surface area (Å²) < 4.78 is 5.73. The molecule has 0 bridgehead atoms. The lowest BCUT2D eigenvalue weighted by Crippen LogP contribution is -2.12. The Morgan fingerprint density at radius 1 is 1.29 bits per heavy atom. The molecule has 3 nitrogen and oxygen atoms in total. The molecule has 94 valence electrons. The number of hydrogen-bond acceptors (Lipinski definition) is 3. The lowest BCUT2D eigenvalue weighted by Gasteiger charge is -2.12. The fourth-order valence-corrected chi connectivity index (χ4v) is 1.71. The molecule has 3 heteroatoms. The summed E-state index contributed by atoms with van der Waals surface area (Å²) in [4.78, 5) is 0. The maximum Gasteiger partial charge on any atom is 0.130 e. The fourth-order valence-electron chi connectivity index (χ4n) is 1.71. The van der Waals surface area contributed by atoms with E-state index in [1.807, 2.05) is 32.0 Å². The van der Waals surface area contributed by atoms with E-state index >= 15 is 0 Å². The standard InChI is InChI=1S/C14H21NO2/c1-4-5-9-13(15-16)10-17-14-11(2)7-6-8-12(14)3/h6-8,16H,4-5,9-10H2,1-3H3. The second-order valence-corrected chi connectivity index (χ2v) is 4.28. The highest BCUT2D eigenvalue weighted by Crippen LogP contribution is 2.22. The number of rotatable bonds is 6. The van der Waals surface area contributed by atoms with Gasteiger partial charge in [-0.05, 0) is 37.8 Å². The molecule has 0 amide bonds. The van der Waals surface area contributed by atoms with E-state index < -0.39 is 0 Å². The van der Waals surface area contributed by atoms with Crippen molar-refractivity contribution in [3.05, 3.63) is 29.3 Å². The zero-order chi connectivity index (χ0) is 12.7. The molecule has 0 atom stereocenters. The van der Waals surface area contributed by atoms with E-state index in [0.717, 1.165) is 36.1 Å². The Hall–Kier alpha value is -1.51. The van der Waals surface area contributed by atoms with Crippen LogP contribution < -0.4 is 4.74 Å². The summed E-state index contributed by atoms with van der Waals surface area (Å²) >= 11 is 0. The molecule has 0 spiro atoms. The van der Waals surface area contributed by atoms with E-state index in [4.69, 9.17) is 9.94 Å². The lowest BCUT2D eigenvalue weighted by atomic mass is 10.1. The molecule has 0 heterocycles. The topological polar surface area (TPSA) is 41.8 Å². The summed E-state index contributed by atoms with van der Waals surface area (Å²) in [5, 5.41) is 12.2. The monoisotopic (exact) mass is 235 g/mol. The van der Waals surface area contributed by atoms with Gasteiger partial charge in [-0.3, -0.25) is 0 Å². The lowest BCUT2D eigenvalue weighted by molar-refractivity contribution is 0.304. The SMILES string of the molecule is CCCCC(COc1c(C)cccc1C)=NO. The predicted molar refractivity (Wildman–Crippen MR) is 70.2 cm³/mol. The highest BCUT2D eigenvalue weighted by atomic mass is 16.5. The van der Waals surface area contributed by atoms with Gasteiger partial charge in [0.15, 0.2) is 0 Å². The van der Waals surface area contributed by atoms with E-state index in [-0.39, 0.29) is 0 Å². The zero-order valence-corrected chi connectivity index (χ0v) is 10.9. The minimum absolute atomic E-state index is 0.363. The Kier molecular flexibility index (Phi) is 5.53. The van der Waals surface area contributed by atoms with Crippen LogP contribution in [0.1, 0.15) is 37.3 Å². The third kappa shape index (κ3) is 4.10. The van der Waals surface area contributed by atoms with Crippen molar-refractivity contribution in [2.75, 3.05) is 6.61 Å². The van der Waals surface area contributed by atoms with Crippen LogP contribution in [0.4, 0.5) is 0 Å². The summed E-state index contributed by atoms with van der Waals surface area (Å²) in [5.74, 6) is 0.894. The van der Waals surface area contributed by atoms with Crippen molar-refractivity contribution in [3.63, 3.8) is 0 Å². The van der Waals surface area contributed by atoms with Crippen LogP contribution in [0.5, 0.6) is 5.75 Å². The number of nitrogens with zero attached hydrogens (tertiary/aromatic N) is 1. The number of oxime groups is 1. The molecule has 0 aliphatic carbocycles. The second kappa shape index (κ2) is 6.94. The molecule has 0 fully saturated rings. The maximum absolute atomic E-state index is 8.88. The Bertz CT molecular complexity index is 366. The summed E-state index contributed by atoms with van der Waals surface area (Å²) in [6.07, 6.45) is 2.90. The van der Waals surface area contributed by atoms with Gasteiger partial charge in [-0.2, -0.15) is 0 Å². The number of para-hydroxylation sites is 1. The number of benzene rings is 1. The van der Waals surface area contributed by atoms with Gasteiger partial charge < -0.3 is 9.94 Å². The molecule has 0 saturated carbocycles. The van der Waals surface area contributed by atoms with Crippen LogP contribution in [0.3, 0.4) is 0 Å². The van der Waals surface area contributed by atoms with Crippen molar-refractivity contribution < 1.29 is 9.94 Å². The van der Waals surface area contributed by atoms with Gasteiger partial charge in [0.1, 0.15) is 12.4 Å². The molecule has 0 aliphatic rings. The number of unbranched alkanes of at least 4 members (excludes halogenated alkanes) is 1. The van der Waals surface area contributed by atoms with Crippen LogP contribution >= 0.6 is 0 Å². The van der Waals surface area contributed by atoms with E-state index in [1.165, 1.54) is 0 Å². The van der Waals surface area contributed by atoms with Crippen molar-refractivity contribution in [2.24, 2.45) is 5.16 Å². The minimum Gasteiger partial charge on any atom is -0.487 e. The zero-order valence-electron chi connectivity index (χ0n) is 10.9. The Balaban J connectivity index is 2.60.